The number of fused-ring (bicyclic) bond motifs is 1. The van der Waals surface area contributed by atoms with E-state index in [4.69, 9.17) is 14.5 Å². The molecule has 6 N–H and O–H groups in total. The van der Waals surface area contributed by atoms with Crippen molar-refractivity contribution in [1.82, 2.24) is 60.5 Å². The van der Waals surface area contributed by atoms with E-state index in [0.717, 1.165) is 46.9 Å². The number of carbonyl (C=O) groups excluding carboxylic acids is 11. The van der Waals surface area contributed by atoms with Gasteiger partial charge in [0, 0.05) is 139 Å². The molecule has 642 valence electrons. The average Bonchev–Trinajstić information content (AvgIpc) is 1.79. The number of H-pyrrole nitrogens is 1. The van der Waals surface area contributed by atoms with Crippen molar-refractivity contribution in [2.45, 2.75) is 214 Å². The topological polar surface area (TPSA) is 389 Å². The van der Waals surface area contributed by atoms with Crippen molar-refractivity contribution in [2.75, 3.05) is 83.7 Å². The number of aryl methyl sites for hydroxylation is 1. The average molecular weight is 1700 g/mol. The monoisotopic (exact) mass is 1700 g/mol. The highest BCUT2D eigenvalue weighted by atomic mass is 33.1. The second kappa shape index (κ2) is 49.3. The number of methoxy groups -OCH3 is 2. The normalized spacial score (nSPS) is 16.5. The zero-order valence-electron chi connectivity index (χ0n) is 70.4. The van der Waals surface area contributed by atoms with Gasteiger partial charge in [-0.1, -0.05) is 127 Å². The summed E-state index contributed by atoms with van der Waals surface area (Å²) in [7, 11) is 9.97. The largest absolute Gasteiger partial charge is 0.480 e. The number of hydrogen-bond donors (Lipinski definition) is 6. The van der Waals surface area contributed by atoms with Gasteiger partial charge < -0.3 is 55.5 Å². The van der Waals surface area contributed by atoms with Gasteiger partial charge in [0.1, 0.15) is 41.5 Å². The number of thioether (sulfide) groups is 1. The molecule has 5 aromatic rings. The minimum absolute atomic E-state index is 0.00261. The van der Waals surface area contributed by atoms with Crippen LogP contribution in [0.25, 0.3) is 11.2 Å². The Morgan fingerprint density at radius 2 is 1.52 bits per heavy atom. The highest BCUT2D eigenvalue weighted by Crippen LogP contribution is 2.36. The second-order valence-electron chi connectivity index (χ2n) is 30.9. The summed E-state index contributed by atoms with van der Waals surface area (Å²) < 4.78 is 12.2. The van der Waals surface area contributed by atoms with Gasteiger partial charge in [-0.25, -0.2) is 24.7 Å². The van der Waals surface area contributed by atoms with Crippen LogP contribution in [0.3, 0.4) is 0 Å². The third-order valence-electron chi connectivity index (χ3n) is 21.6. The molecule has 7 amide bonds. The third kappa shape index (κ3) is 30.2. The summed E-state index contributed by atoms with van der Waals surface area (Å²) in [6.07, 6.45) is 6.15. The highest BCUT2D eigenvalue weighted by Gasteiger charge is 2.44. The fourth-order valence-electron chi connectivity index (χ4n) is 13.9. The summed E-state index contributed by atoms with van der Waals surface area (Å²) in [6.45, 7) is 22.4. The van der Waals surface area contributed by atoms with Crippen LogP contribution in [0.1, 0.15) is 202 Å². The number of anilines is 1. The molecule has 11 atom stereocenters. The first-order valence-corrected chi connectivity index (χ1v) is 44.8. The number of aromatic amines is 1. The van der Waals surface area contributed by atoms with Crippen molar-refractivity contribution in [3.05, 3.63) is 110 Å². The molecule has 2 fully saturated rings. The maximum Gasteiger partial charge on any atom is 0.326 e. The molecule has 2 saturated heterocycles. The number of nitrogens with one attached hydrogen (secondary N) is 5. The number of carbonyl (C=O) groups is 12. The van der Waals surface area contributed by atoms with Crippen LogP contribution in [0.2, 0.25) is 0 Å². The molecule has 2 aliphatic heterocycles. The molecule has 117 heavy (non-hydrogen) atoms. The standard InChI is InChI=1S/C51H80N4O8S3.C33H41N9O8S/c1-14-34(6)48(54(11)51(61)40(33(4)5)28-45(59)35(7)32(2)3)46(62-12)29-47(60)55-24-18-22-42(55)49(63-13)36(8)44(58)27-39(26-38-20-16-15-17-21-38)50-52-41(30-64-50)43(57)23-19-25-65-66-31-53(10)37(9)56;1-3-4-11-35-26(44)18-42-27(45)14-25(32(42)48)51-13-12-34-17-23(43)9-10-24(33(49)50)41-30(46)20-5-7-21(8-6-20)36-15-22-16-37-29-28(40-22)31(47)39-19(2)38-29/h15-17,20-21,30,32-36,39-40,42,46,48-49H,14,18-19,22-29,31H2,1-13H3;5-8,16,24-25,34,36H,3-4,9-15,17-18H2,1-2H3,(H,35,44)(H,41,46)(H,49,50)(H,37,38,39,47)/t34-,35-,36-,39+,40-,42-,46+,48-,49+;24-,25?/m00/s1. The van der Waals surface area contributed by atoms with Gasteiger partial charge in [0.15, 0.2) is 16.9 Å². The van der Waals surface area contributed by atoms with E-state index in [9.17, 15) is 67.4 Å². The fourth-order valence-corrected chi connectivity index (χ4v) is 18.1. The van der Waals surface area contributed by atoms with E-state index in [0.29, 0.717) is 79.8 Å². The number of carboxylic acid groups (broad SMARTS) is 1. The number of carboxylic acids is 1. The number of unbranched alkanes of at least 4 members (excludes halogenated alkanes) is 1. The first-order valence-electron chi connectivity index (χ1n) is 40.4. The zero-order valence-corrected chi connectivity index (χ0v) is 73.7. The first-order chi connectivity index (χ1) is 55.7. The molecule has 33 heteroatoms. The zero-order chi connectivity index (χ0) is 86.2. The smallest absolute Gasteiger partial charge is 0.326 e. The van der Waals surface area contributed by atoms with Crippen LogP contribution < -0.4 is 26.8 Å². The number of thiazole rings is 1. The number of benzene rings is 2. The van der Waals surface area contributed by atoms with Crippen LogP contribution in [0, 0.1) is 42.4 Å². The molecule has 5 heterocycles. The number of likely N-dealkylation sites (N-methyl/N-ethyl adjacent to an activating group) is 1. The van der Waals surface area contributed by atoms with E-state index >= 15 is 0 Å². The second-order valence-corrected chi connectivity index (χ2v) is 35.7. The molecule has 2 aromatic carbocycles. The van der Waals surface area contributed by atoms with Crippen molar-refractivity contribution in [2.24, 2.45) is 35.5 Å². The number of hydrogen-bond acceptors (Lipinski definition) is 25. The number of nitrogens with zero attached hydrogens (tertiary/aromatic N) is 8. The predicted molar refractivity (Wildman–Crippen MR) is 458 cm³/mol. The fraction of sp³-hybridized carbons (Fsp3) is 0.607. The Balaban J connectivity index is 0.000000375. The summed E-state index contributed by atoms with van der Waals surface area (Å²) in [5, 5.41) is 22.8. The lowest BCUT2D eigenvalue weighted by atomic mass is 9.82. The molecule has 7 rings (SSSR count). The molecular weight excluding hydrogens is 1580 g/mol. The van der Waals surface area contributed by atoms with Gasteiger partial charge >= 0.3 is 5.97 Å². The number of rotatable bonds is 50. The van der Waals surface area contributed by atoms with Crippen LogP contribution in [0.5, 0.6) is 0 Å². The Bertz CT molecular complexity index is 4210. The Hall–Kier alpha value is -8.34. The number of imide groups is 1. The lowest BCUT2D eigenvalue weighted by molar-refractivity contribution is -0.149. The van der Waals surface area contributed by atoms with Gasteiger partial charge in [-0.3, -0.25) is 62.4 Å². The SMILES string of the molecule is CCCCNC(=O)CN1C(=O)CC(SCCNCC(=O)CC[C@H](NC(=O)c2ccc(NCc3cnc4nc(C)[nH]c(=O)c4n3)cc2)C(=O)O)C1=O.CC[C@H](C)[C@@H]([C@@H](CC(=O)N1CCC[C@H]1[C@H](OC)[C@@H](C)C(=O)C[C@@H](Cc1ccccc1)c1nc(C(=O)CCCSSCN(C)C(C)=O)cs1)OC)N(C)C(=O)[C@@H](CC(=O)[C@@H](C)C(C)C)C(C)C. The number of aromatic nitrogens is 5. The molecular formula is C84H121N13O16S4. The van der Waals surface area contributed by atoms with Crippen LogP contribution in [-0.4, -0.2) is 234 Å². The maximum atomic E-state index is 14.5. The van der Waals surface area contributed by atoms with Crippen molar-refractivity contribution < 1.29 is 72.1 Å². The van der Waals surface area contributed by atoms with Gasteiger partial charge in [0.25, 0.3) is 11.5 Å². The summed E-state index contributed by atoms with van der Waals surface area (Å²) in [4.78, 5) is 193. The van der Waals surface area contributed by atoms with Crippen LogP contribution in [0.15, 0.2) is 71.0 Å². The van der Waals surface area contributed by atoms with Gasteiger partial charge in [-0.05, 0) is 93.0 Å². The maximum absolute atomic E-state index is 14.5. The number of ether oxygens (including phenoxy) is 2. The van der Waals surface area contributed by atoms with Gasteiger partial charge in [0.05, 0.1) is 71.8 Å². The van der Waals surface area contributed by atoms with Crippen molar-refractivity contribution >= 4 is 132 Å². The van der Waals surface area contributed by atoms with Crippen LogP contribution in [-0.2, 0) is 70.4 Å². The Morgan fingerprint density at radius 3 is 2.17 bits per heavy atom. The predicted octanol–water partition coefficient (Wildman–Crippen LogP) is 10.2. The number of amides is 7. The molecule has 3 aromatic heterocycles. The first kappa shape index (κ1) is 97.5. The minimum Gasteiger partial charge on any atom is -0.480 e. The molecule has 0 saturated carbocycles. The Morgan fingerprint density at radius 1 is 0.812 bits per heavy atom. The third-order valence-corrected chi connectivity index (χ3v) is 26.3. The molecule has 2 aliphatic rings. The molecule has 29 nitrogen and oxygen atoms in total. The van der Waals surface area contributed by atoms with Crippen molar-refractivity contribution in [1.29, 1.82) is 0 Å². The van der Waals surface area contributed by atoms with Crippen LogP contribution >= 0.6 is 44.7 Å². The highest BCUT2D eigenvalue weighted by molar-refractivity contribution is 8.76. The van der Waals surface area contributed by atoms with Gasteiger partial charge in [0.2, 0.25) is 35.4 Å². The van der Waals surface area contributed by atoms with E-state index in [1.165, 1.54) is 48.4 Å². The van der Waals surface area contributed by atoms with E-state index in [-0.39, 0.29) is 163 Å². The number of likely N-dealkylation sites (tertiary alicyclic amines) is 2. The van der Waals surface area contributed by atoms with Gasteiger partial charge in [-0.2, -0.15) is 0 Å². The Labute approximate surface area is 703 Å². The van der Waals surface area contributed by atoms with Crippen molar-refractivity contribution in [3.8, 4) is 0 Å². The van der Waals surface area contributed by atoms with E-state index < -0.39 is 65.1 Å². The molecule has 0 spiro atoms. The molecule has 0 radical (unpaired) electrons. The summed E-state index contributed by atoms with van der Waals surface area (Å²) in [5.41, 5.74) is 2.83. The van der Waals surface area contributed by atoms with E-state index in [2.05, 4.69) is 55.1 Å². The lowest BCUT2D eigenvalue weighted by Crippen LogP contribution is -2.54. The molecule has 0 aliphatic carbocycles. The number of aliphatic carboxylic acids is 1. The summed E-state index contributed by atoms with van der Waals surface area (Å²) >= 11 is 2.68. The minimum atomic E-state index is -1.29. The van der Waals surface area contributed by atoms with Crippen molar-refractivity contribution in [3.63, 3.8) is 0 Å². The lowest BCUT2D eigenvalue weighted by Gasteiger charge is -2.41. The quantitative estimate of drug-likeness (QED) is 0.00692. The molecule has 0 bridgehead atoms. The number of ketones is 4. The Kier molecular flexibility index (Phi) is 41.1. The molecule has 1 unspecified atom stereocenters. The van der Waals surface area contributed by atoms with Gasteiger partial charge in [-0.15, -0.1) is 23.1 Å². The summed E-state index contributed by atoms with van der Waals surface area (Å²) in [6, 6.07) is 14.3. The number of Topliss-reactive ketones (excluding diaryl/α,β-unsaturated/α-hetero) is 4. The summed E-state index contributed by atoms with van der Waals surface area (Å²) in [5.74, 6) is -2.51. The van der Waals surface area contributed by atoms with Crippen LogP contribution in [0.4, 0.5) is 5.69 Å². The van der Waals surface area contributed by atoms with E-state index in [1.54, 1.807) is 84.1 Å². The van der Waals surface area contributed by atoms with E-state index in [1.807, 2.05) is 83.7 Å².